The number of rotatable bonds is 4. The first kappa shape index (κ1) is 17.6. The van der Waals surface area contributed by atoms with Crippen LogP contribution in [-0.2, 0) is 12.8 Å². The topological polar surface area (TPSA) is 95.5 Å². The van der Waals surface area contributed by atoms with Crippen LogP contribution in [0.15, 0.2) is 11.2 Å². The number of aromatic carboxylic acids is 1. The van der Waals surface area contributed by atoms with Crippen LogP contribution >= 0.6 is 23.6 Å². The number of hydrogen-bond donors (Lipinski definition) is 2. The van der Waals surface area contributed by atoms with Crippen LogP contribution in [0.2, 0.25) is 0 Å². The Bertz CT molecular complexity index is 880. The molecule has 0 aromatic carbocycles. The molecule has 0 fully saturated rings. The number of hydrogen-bond acceptors (Lipinski definition) is 5. The second-order valence-corrected chi connectivity index (χ2v) is 7.60. The Hall–Kier alpha value is -2.19. The third kappa shape index (κ3) is 3.32. The molecular weight excluding hydrogens is 356 g/mol. The lowest BCUT2D eigenvalue weighted by Gasteiger charge is -2.14. The number of carbonyl (C=O) groups is 1. The van der Waals surface area contributed by atoms with Crippen molar-refractivity contribution in [2.24, 2.45) is 10.8 Å². The van der Waals surface area contributed by atoms with Gasteiger partial charge in [-0.15, -0.1) is 11.3 Å². The standard InChI is InChI=1S/C17H20N4O2S2/c1-9-7-11(8-19-20-17(18)24)10(2)21(9)15-14(16(22)23)12-5-3-4-6-13(12)25-15/h7-8H,3-6H2,1-2H3,(H,22,23)(H3,18,20,24)/p-1/b19-8-. The summed E-state index contributed by atoms with van der Waals surface area (Å²) in [6.07, 6.45) is 5.50. The van der Waals surface area contributed by atoms with Gasteiger partial charge < -0.3 is 20.2 Å². The number of carboxylic acid groups (broad SMARTS) is 1. The highest BCUT2D eigenvalue weighted by molar-refractivity contribution is 7.80. The SMILES string of the molecule is Cc1cc(/C=N\NC(N)=S)c(C)n1-c1sc2c(c1C(=O)[O-])CCCC2. The largest absolute Gasteiger partial charge is 0.545 e. The Labute approximate surface area is 155 Å². The third-order valence-electron chi connectivity index (χ3n) is 4.41. The molecule has 6 nitrogen and oxygen atoms in total. The van der Waals surface area contributed by atoms with Crippen molar-refractivity contribution in [3.05, 3.63) is 39.0 Å². The number of fused-ring (bicyclic) bond motifs is 1. The maximum absolute atomic E-state index is 11.8. The Balaban J connectivity index is 2.10. The number of thiophene rings is 1. The van der Waals surface area contributed by atoms with Crippen LogP contribution in [0, 0.1) is 13.8 Å². The summed E-state index contributed by atoms with van der Waals surface area (Å²) in [7, 11) is 0. The Kier molecular flexibility index (Phi) is 4.91. The minimum Gasteiger partial charge on any atom is -0.545 e. The van der Waals surface area contributed by atoms with Crippen molar-refractivity contribution in [1.29, 1.82) is 0 Å². The van der Waals surface area contributed by atoms with Crippen LogP contribution in [0.3, 0.4) is 0 Å². The first-order valence-corrected chi connectivity index (χ1v) is 9.26. The van der Waals surface area contributed by atoms with Crippen LogP contribution in [-0.4, -0.2) is 21.9 Å². The molecular formula is C17H19N4O2S2-. The molecule has 0 aliphatic heterocycles. The Morgan fingerprint density at radius 3 is 2.84 bits per heavy atom. The Morgan fingerprint density at radius 1 is 1.44 bits per heavy atom. The third-order valence-corrected chi connectivity index (χ3v) is 5.78. The van der Waals surface area contributed by atoms with Crippen LogP contribution in [0.4, 0.5) is 0 Å². The lowest BCUT2D eigenvalue weighted by atomic mass is 9.95. The Morgan fingerprint density at radius 2 is 2.16 bits per heavy atom. The van der Waals surface area contributed by atoms with Crippen molar-refractivity contribution in [2.75, 3.05) is 0 Å². The first-order valence-electron chi connectivity index (χ1n) is 8.04. The van der Waals surface area contributed by atoms with E-state index in [2.05, 4.69) is 10.5 Å². The van der Waals surface area contributed by atoms with E-state index in [4.69, 9.17) is 18.0 Å². The van der Waals surface area contributed by atoms with E-state index in [-0.39, 0.29) is 5.11 Å². The molecule has 0 saturated carbocycles. The smallest absolute Gasteiger partial charge is 0.184 e. The minimum absolute atomic E-state index is 0.0928. The average molecular weight is 375 g/mol. The van der Waals surface area contributed by atoms with Gasteiger partial charge in [0.15, 0.2) is 5.11 Å². The van der Waals surface area contributed by atoms with Crippen LogP contribution < -0.4 is 16.3 Å². The van der Waals surface area contributed by atoms with Gasteiger partial charge in [-0.05, 0) is 63.4 Å². The van der Waals surface area contributed by atoms with Crippen molar-refractivity contribution >= 4 is 40.9 Å². The second kappa shape index (κ2) is 6.97. The number of nitrogens with two attached hydrogens (primary N) is 1. The highest BCUT2D eigenvalue weighted by atomic mass is 32.1. The summed E-state index contributed by atoms with van der Waals surface area (Å²) >= 11 is 6.28. The summed E-state index contributed by atoms with van der Waals surface area (Å²) in [6.45, 7) is 3.88. The molecule has 1 aliphatic carbocycles. The lowest BCUT2D eigenvalue weighted by Crippen LogP contribution is -2.25. The van der Waals surface area contributed by atoms with Gasteiger partial charge in [0.1, 0.15) is 5.00 Å². The van der Waals surface area contributed by atoms with Gasteiger partial charge in [0, 0.05) is 27.4 Å². The number of nitrogens with zero attached hydrogens (tertiary/aromatic N) is 2. The van der Waals surface area contributed by atoms with Gasteiger partial charge in [0.2, 0.25) is 0 Å². The zero-order valence-corrected chi connectivity index (χ0v) is 15.7. The molecule has 0 amide bonds. The van der Waals surface area contributed by atoms with E-state index in [9.17, 15) is 9.90 Å². The second-order valence-electron chi connectivity index (χ2n) is 6.07. The molecule has 3 N–H and O–H groups in total. The van der Waals surface area contributed by atoms with E-state index in [1.165, 1.54) is 4.88 Å². The number of carbonyl (C=O) groups excluding carboxylic acids is 1. The summed E-state index contributed by atoms with van der Waals surface area (Å²) in [6, 6.07) is 1.96. The molecule has 2 aromatic heterocycles. The molecule has 0 unspecified atom stereocenters. The molecule has 132 valence electrons. The predicted octanol–water partition coefficient (Wildman–Crippen LogP) is 1.57. The molecule has 0 spiro atoms. The normalized spacial score (nSPS) is 13.8. The summed E-state index contributed by atoms with van der Waals surface area (Å²) in [5.74, 6) is -1.10. The van der Waals surface area contributed by atoms with Gasteiger partial charge in [-0.2, -0.15) is 5.10 Å². The van der Waals surface area contributed by atoms with Gasteiger partial charge in [-0.3, -0.25) is 5.43 Å². The lowest BCUT2D eigenvalue weighted by molar-refractivity contribution is -0.255. The summed E-state index contributed by atoms with van der Waals surface area (Å²) in [5, 5.41) is 16.6. The van der Waals surface area contributed by atoms with Crippen LogP contribution in [0.25, 0.3) is 5.00 Å². The molecule has 0 saturated heterocycles. The number of aryl methyl sites for hydroxylation is 2. The molecule has 2 aromatic rings. The van der Waals surface area contributed by atoms with Crippen LogP contribution in [0.1, 0.15) is 50.6 Å². The summed E-state index contributed by atoms with van der Waals surface area (Å²) in [4.78, 5) is 13.0. The molecule has 2 heterocycles. The monoisotopic (exact) mass is 375 g/mol. The number of thiocarbonyl (C=S) groups is 1. The molecule has 0 radical (unpaired) electrons. The van der Waals surface area contributed by atoms with E-state index < -0.39 is 5.97 Å². The van der Waals surface area contributed by atoms with Gasteiger partial charge in [0.25, 0.3) is 0 Å². The van der Waals surface area contributed by atoms with E-state index in [1.807, 2.05) is 24.5 Å². The van der Waals surface area contributed by atoms with Gasteiger partial charge in [-0.1, -0.05) is 0 Å². The maximum atomic E-state index is 11.8. The van der Waals surface area contributed by atoms with E-state index in [0.717, 1.165) is 53.2 Å². The maximum Gasteiger partial charge on any atom is 0.184 e. The van der Waals surface area contributed by atoms with Gasteiger partial charge in [0.05, 0.1) is 12.2 Å². The van der Waals surface area contributed by atoms with Crippen molar-refractivity contribution in [2.45, 2.75) is 39.5 Å². The van der Waals surface area contributed by atoms with Gasteiger partial charge >= 0.3 is 0 Å². The fourth-order valence-corrected chi connectivity index (χ4v) is 4.86. The number of nitrogens with one attached hydrogen (secondary N) is 1. The molecule has 25 heavy (non-hydrogen) atoms. The van der Waals surface area contributed by atoms with E-state index >= 15 is 0 Å². The zero-order valence-electron chi connectivity index (χ0n) is 14.1. The quantitative estimate of drug-likeness (QED) is 0.480. The van der Waals surface area contributed by atoms with E-state index in [0.29, 0.717) is 5.56 Å². The van der Waals surface area contributed by atoms with Crippen molar-refractivity contribution < 1.29 is 9.90 Å². The van der Waals surface area contributed by atoms with Crippen molar-refractivity contribution in [1.82, 2.24) is 9.99 Å². The average Bonchev–Trinajstić information content (AvgIpc) is 3.04. The number of carboxylic acids is 1. The fraction of sp³-hybridized carbons (Fsp3) is 0.353. The van der Waals surface area contributed by atoms with Crippen molar-refractivity contribution in [3.63, 3.8) is 0 Å². The first-order chi connectivity index (χ1) is 11.9. The predicted molar refractivity (Wildman–Crippen MR) is 102 cm³/mol. The highest BCUT2D eigenvalue weighted by Crippen LogP contribution is 2.38. The molecule has 0 bridgehead atoms. The minimum atomic E-state index is -1.10. The molecule has 3 rings (SSSR count). The van der Waals surface area contributed by atoms with E-state index in [1.54, 1.807) is 17.6 Å². The zero-order chi connectivity index (χ0) is 18.1. The number of hydrazone groups is 1. The summed E-state index contributed by atoms with van der Waals surface area (Å²) < 4.78 is 1.97. The van der Waals surface area contributed by atoms with Gasteiger partial charge in [-0.25, -0.2) is 0 Å². The van der Waals surface area contributed by atoms with Crippen molar-refractivity contribution in [3.8, 4) is 5.00 Å². The molecule has 1 aliphatic rings. The number of aromatic nitrogens is 1. The van der Waals surface area contributed by atoms with Crippen LogP contribution in [0.5, 0.6) is 0 Å². The molecule has 0 atom stereocenters. The fourth-order valence-electron chi connectivity index (χ4n) is 3.32. The summed E-state index contributed by atoms with van der Waals surface area (Å²) in [5.41, 5.74) is 11.9. The highest BCUT2D eigenvalue weighted by Gasteiger charge is 2.24. The molecule has 8 heteroatoms.